The predicted molar refractivity (Wildman–Crippen MR) is 52.6 cm³/mol. The topological polar surface area (TPSA) is 59.9 Å². The van der Waals surface area contributed by atoms with Crippen LogP contribution in [0.2, 0.25) is 0 Å². The summed E-state index contributed by atoms with van der Waals surface area (Å²) in [5.41, 5.74) is 1.29. The maximum absolute atomic E-state index is 11.2. The van der Waals surface area contributed by atoms with E-state index in [1.165, 1.54) is 12.3 Å². The number of fused-ring (bicyclic) bond motifs is 1. The summed E-state index contributed by atoms with van der Waals surface area (Å²) in [6.07, 6.45) is 4.11. The minimum Gasteiger partial charge on any atom is -0.255 e. The van der Waals surface area contributed by atoms with Crippen molar-refractivity contribution in [2.45, 2.75) is 4.90 Å². The third-order valence-corrected chi connectivity index (χ3v) is 2.93. The molecule has 0 radical (unpaired) electrons. The molecule has 72 valence electrons. The number of pyridine rings is 2. The van der Waals surface area contributed by atoms with E-state index in [1.54, 1.807) is 18.3 Å². The van der Waals surface area contributed by atoms with Crippen LogP contribution in [0.3, 0.4) is 0 Å². The molecule has 14 heavy (non-hydrogen) atoms. The van der Waals surface area contributed by atoms with Crippen molar-refractivity contribution in [2.24, 2.45) is 0 Å². The molecular formula is C9H8N2O2S. The Labute approximate surface area is 81.5 Å². The molecule has 2 rings (SSSR count). The average molecular weight is 208 g/mol. The molecule has 0 aliphatic heterocycles. The largest absolute Gasteiger partial charge is 0.255 e. The molecule has 0 unspecified atom stereocenters. The van der Waals surface area contributed by atoms with Crippen LogP contribution in [-0.4, -0.2) is 24.6 Å². The molecule has 2 aromatic rings. The van der Waals surface area contributed by atoms with Gasteiger partial charge in [-0.1, -0.05) is 0 Å². The zero-order chi connectivity index (χ0) is 10.2. The molecule has 0 aliphatic carbocycles. The van der Waals surface area contributed by atoms with Crippen LogP contribution in [0, 0.1) is 0 Å². The van der Waals surface area contributed by atoms with Crippen LogP contribution in [-0.2, 0) is 9.84 Å². The molecule has 0 spiro atoms. The van der Waals surface area contributed by atoms with Crippen molar-refractivity contribution in [3.63, 3.8) is 0 Å². The third kappa shape index (κ3) is 1.58. The van der Waals surface area contributed by atoms with Crippen LogP contribution in [0.25, 0.3) is 11.0 Å². The lowest BCUT2D eigenvalue weighted by atomic mass is 10.3. The second-order valence-corrected chi connectivity index (χ2v) is 5.00. The summed E-state index contributed by atoms with van der Waals surface area (Å²) in [6, 6.07) is 5.07. The maximum Gasteiger partial charge on any atom is 0.177 e. The molecule has 0 bridgehead atoms. The fourth-order valence-electron chi connectivity index (χ4n) is 1.14. The molecule has 0 N–H and O–H groups in total. The quantitative estimate of drug-likeness (QED) is 0.702. The SMILES string of the molecule is CS(=O)(=O)c1cnc2cccnc2c1. The van der Waals surface area contributed by atoms with Crippen molar-refractivity contribution in [2.75, 3.05) is 6.26 Å². The van der Waals surface area contributed by atoms with Crippen molar-refractivity contribution < 1.29 is 8.42 Å². The Balaban J connectivity index is 2.75. The van der Waals surface area contributed by atoms with E-state index < -0.39 is 9.84 Å². The van der Waals surface area contributed by atoms with Gasteiger partial charge in [0.25, 0.3) is 0 Å². The Morgan fingerprint density at radius 1 is 1.21 bits per heavy atom. The predicted octanol–water partition coefficient (Wildman–Crippen LogP) is 1.03. The Kier molecular flexibility index (Phi) is 1.96. The second-order valence-electron chi connectivity index (χ2n) is 2.98. The van der Waals surface area contributed by atoms with E-state index in [0.717, 1.165) is 6.26 Å². The van der Waals surface area contributed by atoms with Gasteiger partial charge in [-0.2, -0.15) is 0 Å². The average Bonchev–Trinajstić information content (AvgIpc) is 2.16. The molecule has 5 heteroatoms. The van der Waals surface area contributed by atoms with Crippen molar-refractivity contribution in [3.8, 4) is 0 Å². The molecule has 2 aromatic heterocycles. The van der Waals surface area contributed by atoms with Gasteiger partial charge >= 0.3 is 0 Å². The summed E-state index contributed by atoms with van der Waals surface area (Å²) in [5.74, 6) is 0. The standard InChI is InChI=1S/C9H8N2O2S/c1-14(12,13)7-5-9-8(11-6-7)3-2-4-10-9/h2-6H,1H3. The highest BCUT2D eigenvalue weighted by Crippen LogP contribution is 2.13. The molecule has 0 aromatic carbocycles. The number of hydrogen-bond donors (Lipinski definition) is 0. The van der Waals surface area contributed by atoms with E-state index in [2.05, 4.69) is 9.97 Å². The first kappa shape index (κ1) is 9.08. The smallest absolute Gasteiger partial charge is 0.177 e. The summed E-state index contributed by atoms with van der Waals surface area (Å²) < 4.78 is 22.4. The van der Waals surface area contributed by atoms with Crippen LogP contribution < -0.4 is 0 Å². The van der Waals surface area contributed by atoms with Crippen molar-refractivity contribution in [1.29, 1.82) is 0 Å². The first-order valence-electron chi connectivity index (χ1n) is 3.98. The first-order chi connectivity index (χ1) is 6.57. The third-order valence-electron chi connectivity index (χ3n) is 1.85. The van der Waals surface area contributed by atoms with Gasteiger partial charge in [0.1, 0.15) is 0 Å². The molecule has 4 nitrogen and oxygen atoms in total. The fourth-order valence-corrected chi connectivity index (χ4v) is 1.71. The summed E-state index contributed by atoms with van der Waals surface area (Å²) in [6.45, 7) is 0. The van der Waals surface area contributed by atoms with Gasteiger partial charge < -0.3 is 0 Å². The number of aromatic nitrogens is 2. The van der Waals surface area contributed by atoms with Gasteiger partial charge in [0.15, 0.2) is 9.84 Å². The normalized spacial score (nSPS) is 11.8. The number of sulfone groups is 1. The van der Waals surface area contributed by atoms with E-state index >= 15 is 0 Å². The summed E-state index contributed by atoms with van der Waals surface area (Å²) in [5, 5.41) is 0. The Morgan fingerprint density at radius 3 is 2.71 bits per heavy atom. The molecule has 0 atom stereocenters. The van der Waals surface area contributed by atoms with Crippen LogP contribution in [0.5, 0.6) is 0 Å². The van der Waals surface area contributed by atoms with Crippen LogP contribution in [0.4, 0.5) is 0 Å². The first-order valence-corrected chi connectivity index (χ1v) is 5.87. The van der Waals surface area contributed by atoms with E-state index in [9.17, 15) is 8.42 Å². The molecular weight excluding hydrogens is 200 g/mol. The maximum atomic E-state index is 11.2. The zero-order valence-electron chi connectivity index (χ0n) is 7.51. The van der Waals surface area contributed by atoms with E-state index in [-0.39, 0.29) is 4.90 Å². The van der Waals surface area contributed by atoms with Gasteiger partial charge in [-0.3, -0.25) is 9.97 Å². The van der Waals surface area contributed by atoms with Gasteiger partial charge in [0.2, 0.25) is 0 Å². The van der Waals surface area contributed by atoms with Gasteiger partial charge in [-0.15, -0.1) is 0 Å². The molecule has 0 amide bonds. The minimum absolute atomic E-state index is 0.198. The highest BCUT2D eigenvalue weighted by molar-refractivity contribution is 7.90. The van der Waals surface area contributed by atoms with Gasteiger partial charge in [-0.05, 0) is 18.2 Å². The molecule has 0 fully saturated rings. The molecule has 0 aliphatic rings. The fraction of sp³-hybridized carbons (Fsp3) is 0.111. The monoisotopic (exact) mass is 208 g/mol. The highest BCUT2D eigenvalue weighted by Gasteiger charge is 2.08. The minimum atomic E-state index is -3.20. The van der Waals surface area contributed by atoms with Gasteiger partial charge in [0.05, 0.1) is 15.9 Å². The Morgan fingerprint density at radius 2 is 2.00 bits per heavy atom. The van der Waals surface area contributed by atoms with Gasteiger partial charge in [-0.25, -0.2) is 8.42 Å². The van der Waals surface area contributed by atoms with E-state index in [4.69, 9.17) is 0 Å². The lowest BCUT2D eigenvalue weighted by Crippen LogP contribution is -1.98. The molecule has 2 heterocycles. The lowest BCUT2D eigenvalue weighted by Gasteiger charge is -1.99. The van der Waals surface area contributed by atoms with Gasteiger partial charge in [0, 0.05) is 18.6 Å². The summed E-state index contributed by atoms with van der Waals surface area (Å²) >= 11 is 0. The van der Waals surface area contributed by atoms with Crippen molar-refractivity contribution >= 4 is 20.9 Å². The Hall–Kier alpha value is -1.49. The Bertz CT molecular complexity index is 578. The molecule has 0 saturated heterocycles. The van der Waals surface area contributed by atoms with Crippen molar-refractivity contribution in [3.05, 3.63) is 30.6 Å². The zero-order valence-corrected chi connectivity index (χ0v) is 8.32. The number of nitrogens with zero attached hydrogens (tertiary/aromatic N) is 2. The van der Waals surface area contributed by atoms with E-state index in [1.807, 2.05) is 0 Å². The second kappa shape index (κ2) is 3.02. The van der Waals surface area contributed by atoms with Crippen LogP contribution >= 0.6 is 0 Å². The number of hydrogen-bond acceptors (Lipinski definition) is 4. The highest BCUT2D eigenvalue weighted by atomic mass is 32.2. The van der Waals surface area contributed by atoms with Crippen LogP contribution in [0.1, 0.15) is 0 Å². The van der Waals surface area contributed by atoms with E-state index in [0.29, 0.717) is 11.0 Å². The lowest BCUT2D eigenvalue weighted by molar-refractivity contribution is 0.601. The number of rotatable bonds is 1. The van der Waals surface area contributed by atoms with Crippen molar-refractivity contribution in [1.82, 2.24) is 9.97 Å². The summed E-state index contributed by atoms with van der Waals surface area (Å²) in [7, 11) is -3.20. The molecule has 0 saturated carbocycles. The van der Waals surface area contributed by atoms with Crippen LogP contribution in [0.15, 0.2) is 35.5 Å². The summed E-state index contributed by atoms with van der Waals surface area (Å²) in [4.78, 5) is 8.23.